The van der Waals surface area contributed by atoms with Crippen LogP contribution in [0, 0.1) is 0 Å². The molecule has 3 N–H and O–H groups in total. The summed E-state index contributed by atoms with van der Waals surface area (Å²) in [4.78, 5) is 15.3. The van der Waals surface area contributed by atoms with Crippen LogP contribution in [0.25, 0.3) is 0 Å². The fraction of sp³-hybridized carbons (Fsp3) is 0.250. The topological polar surface area (TPSA) is 117 Å². The zero-order chi connectivity index (χ0) is 14.9. The van der Waals surface area contributed by atoms with Crippen LogP contribution in [-0.4, -0.2) is 36.1 Å². The number of hydrogen-bond donors (Lipinski definition) is 3. The van der Waals surface area contributed by atoms with Gasteiger partial charge in [-0.3, -0.25) is 9.89 Å². The van der Waals surface area contributed by atoms with E-state index in [1.54, 1.807) is 6.07 Å². The summed E-state index contributed by atoms with van der Waals surface area (Å²) in [6, 6.07) is 4.59. The molecular formula is C12H13N5O3S. The van der Waals surface area contributed by atoms with Crippen molar-refractivity contribution in [2.75, 3.05) is 11.9 Å². The van der Waals surface area contributed by atoms with Crippen LogP contribution in [0.15, 0.2) is 29.4 Å². The lowest BCUT2D eigenvalue weighted by atomic mass is 10.2. The zero-order valence-electron chi connectivity index (χ0n) is 11.0. The molecule has 1 aliphatic rings. The Balaban J connectivity index is 1.70. The van der Waals surface area contributed by atoms with E-state index in [1.807, 2.05) is 0 Å². The number of carbonyl (C=O) groups excluding carboxylic acids is 1. The number of carbonyl (C=O) groups is 1. The summed E-state index contributed by atoms with van der Waals surface area (Å²) in [5.74, 6) is 0.485. The molecule has 3 rings (SSSR count). The van der Waals surface area contributed by atoms with Crippen molar-refractivity contribution in [2.24, 2.45) is 0 Å². The average Bonchev–Trinajstić information content (AvgIpc) is 3.05. The molecule has 2 aromatic rings. The molecule has 1 amide bonds. The number of aromatic amines is 1. The van der Waals surface area contributed by atoms with Gasteiger partial charge < -0.3 is 5.32 Å². The first-order valence-corrected chi connectivity index (χ1v) is 7.79. The van der Waals surface area contributed by atoms with Gasteiger partial charge in [-0.1, -0.05) is 0 Å². The third-order valence-corrected chi connectivity index (χ3v) is 4.59. The van der Waals surface area contributed by atoms with Gasteiger partial charge in [0.2, 0.25) is 15.9 Å². The van der Waals surface area contributed by atoms with Crippen molar-refractivity contribution < 1.29 is 13.2 Å². The molecule has 0 spiro atoms. The van der Waals surface area contributed by atoms with Crippen LogP contribution in [-0.2, 0) is 27.7 Å². The maximum absolute atomic E-state index is 12.2. The van der Waals surface area contributed by atoms with E-state index in [-0.39, 0.29) is 23.8 Å². The van der Waals surface area contributed by atoms with E-state index in [0.29, 0.717) is 23.5 Å². The van der Waals surface area contributed by atoms with Crippen LogP contribution < -0.4 is 10.0 Å². The first kappa shape index (κ1) is 13.7. The third kappa shape index (κ3) is 2.93. The van der Waals surface area contributed by atoms with Crippen molar-refractivity contribution >= 4 is 21.6 Å². The quantitative estimate of drug-likeness (QED) is 0.708. The zero-order valence-corrected chi connectivity index (χ0v) is 11.8. The monoisotopic (exact) mass is 307 g/mol. The van der Waals surface area contributed by atoms with Crippen molar-refractivity contribution in [2.45, 2.75) is 17.7 Å². The van der Waals surface area contributed by atoms with E-state index in [2.05, 4.69) is 25.2 Å². The largest absolute Gasteiger partial charge is 0.326 e. The first-order valence-electron chi connectivity index (χ1n) is 6.31. The van der Waals surface area contributed by atoms with Gasteiger partial charge in [-0.15, -0.1) is 0 Å². The van der Waals surface area contributed by atoms with Crippen molar-refractivity contribution in [3.8, 4) is 0 Å². The number of amides is 1. The molecule has 1 aliphatic heterocycles. The Morgan fingerprint density at radius 1 is 1.33 bits per heavy atom. The summed E-state index contributed by atoms with van der Waals surface area (Å²) >= 11 is 0. The highest BCUT2D eigenvalue weighted by atomic mass is 32.2. The molecule has 1 aromatic heterocycles. The molecule has 0 saturated heterocycles. The van der Waals surface area contributed by atoms with Crippen LogP contribution in [0.3, 0.4) is 0 Å². The van der Waals surface area contributed by atoms with E-state index in [4.69, 9.17) is 0 Å². The van der Waals surface area contributed by atoms with E-state index in [0.717, 1.165) is 0 Å². The minimum atomic E-state index is -3.60. The molecule has 0 radical (unpaired) electrons. The highest BCUT2D eigenvalue weighted by Gasteiger charge is 2.21. The maximum Gasteiger partial charge on any atom is 0.240 e. The van der Waals surface area contributed by atoms with E-state index in [1.165, 1.54) is 18.5 Å². The highest BCUT2D eigenvalue weighted by Crippen LogP contribution is 2.25. The highest BCUT2D eigenvalue weighted by molar-refractivity contribution is 7.89. The van der Waals surface area contributed by atoms with E-state index in [9.17, 15) is 13.2 Å². The number of rotatable bonds is 5. The third-order valence-electron chi connectivity index (χ3n) is 3.13. The fourth-order valence-corrected chi connectivity index (χ4v) is 3.19. The normalized spacial score (nSPS) is 14.0. The fourth-order valence-electron chi connectivity index (χ4n) is 2.11. The number of fused-ring (bicyclic) bond motifs is 1. The van der Waals surface area contributed by atoms with Gasteiger partial charge in [-0.05, 0) is 23.8 Å². The second kappa shape index (κ2) is 5.26. The van der Waals surface area contributed by atoms with Crippen molar-refractivity contribution in [1.82, 2.24) is 19.9 Å². The number of hydrogen-bond acceptors (Lipinski definition) is 5. The van der Waals surface area contributed by atoms with E-state index < -0.39 is 10.0 Å². The first-order chi connectivity index (χ1) is 10.0. The molecule has 0 fully saturated rings. The molecule has 9 heteroatoms. The minimum Gasteiger partial charge on any atom is -0.326 e. The van der Waals surface area contributed by atoms with Gasteiger partial charge in [-0.2, -0.15) is 5.10 Å². The lowest BCUT2D eigenvalue weighted by Gasteiger charge is -2.07. The Morgan fingerprint density at radius 2 is 2.19 bits per heavy atom. The van der Waals surface area contributed by atoms with Gasteiger partial charge in [0, 0.05) is 18.7 Å². The molecular weight excluding hydrogens is 294 g/mol. The SMILES string of the molecule is O=C1Cc2cc(S(=O)(=O)NCCc3ncn[nH]3)ccc2N1. The summed E-state index contributed by atoms with van der Waals surface area (Å²) in [6.07, 6.45) is 2.00. The van der Waals surface area contributed by atoms with Gasteiger partial charge >= 0.3 is 0 Å². The van der Waals surface area contributed by atoms with E-state index >= 15 is 0 Å². The number of nitrogens with one attached hydrogen (secondary N) is 3. The summed E-state index contributed by atoms with van der Waals surface area (Å²) in [5, 5.41) is 9.01. The molecule has 0 aliphatic carbocycles. The number of sulfonamides is 1. The smallest absolute Gasteiger partial charge is 0.240 e. The molecule has 0 saturated carbocycles. The van der Waals surface area contributed by atoms with Gasteiger partial charge in [0.05, 0.1) is 11.3 Å². The molecule has 0 unspecified atom stereocenters. The number of anilines is 1. The van der Waals surface area contributed by atoms with Gasteiger partial charge in [-0.25, -0.2) is 18.1 Å². The van der Waals surface area contributed by atoms with Gasteiger partial charge in [0.1, 0.15) is 12.2 Å². The summed E-state index contributed by atoms with van der Waals surface area (Å²) < 4.78 is 26.9. The number of benzene rings is 1. The second-order valence-electron chi connectivity index (χ2n) is 4.62. The Kier molecular flexibility index (Phi) is 3.43. The Labute approximate surface area is 121 Å². The van der Waals surface area contributed by atoms with Crippen LogP contribution in [0.2, 0.25) is 0 Å². The summed E-state index contributed by atoms with van der Waals surface area (Å²) in [6.45, 7) is 0.214. The number of aromatic nitrogens is 3. The van der Waals surface area contributed by atoms with Crippen LogP contribution in [0.4, 0.5) is 5.69 Å². The molecule has 110 valence electrons. The van der Waals surface area contributed by atoms with Crippen molar-refractivity contribution in [1.29, 1.82) is 0 Å². The lowest BCUT2D eigenvalue weighted by Crippen LogP contribution is -2.26. The molecule has 0 bridgehead atoms. The minimum absolute atomic E-state index is 0.127. The predicted molar refractivity (Wildman–Crippen MR) is 74.1 cm³/mol. The summed E-state index contributed by atoms with van der Waals surface area (Å²) in [7, 11) is -3.60. The van der Waals surface area contributed by atoms with Crippen LogP contribution in [0.1, 0.15) is 11.4 Å². The van der Waals surface area contributed by atoms with Gasteiger partial charge in [0.15, 0.2) is 0 Å². The Hall–Kier alpha value is -2.26. The Morgan fingerprint density at radius 3 is 2.95 bits per heavy atom. The summed E-state index contributed by atoms with van der Waals surface area (Å²) in [5.41, 5.74) is 1.36. The maximum atomic E-state index is 12.2. The molecule has 0 atom stereocenters. The van der Waals surface area contributed by atoms with Crippen LogP contribution in [0.5, 0.6) is 0 Å². The molecule has 8 nitrogen and oxygen atoms in total. The standard InChI is InChI=1S/C12H13N5O3S/c18-12-6-8-5-9(1-2-10(8)16-12)21(19,20)15-4-3-11-13-7-14-17-11/h1-2,5,7,15H,3-4,6H2,(H,16,18)(H,13,14,17). The molecule has 21 heavy (non-hydrogen) atoms. The average molecular weight is 307 g/mol. The molecule has 2 heterocycles. The lowest BCUT2D eigenvalue weighted by molar-refractivity contribution is -0.115. The van der Waals surface area contributed by atoms with Crippen LogP contribution >= 0.6 is 0 Å². The molecule has 1 aromatic carbocycles. The van der Waals surface area contributed by atoms with Crippen molar-refractivity contribution in [3.05, 3.63) is 35.9 Å². The Bertz CT molecular complexity index is 770. The van der Waals surface area contributed by atoms with Gasteiger partial charge in [0.25, 0.3) is 0 Å². The van der Waals surface area contributed by atoms with Crippen molar-refractivity contribution in [3.63, 3.8) is 0 Å². The number of nitrogens with zero attached hydrogens (tertiary/aromatic N) is 2. The predicted octanol–water partition coefficient (Wildman–Crippen LogP) is -0.180. The second-order valence-corrected chi connectivity index (χ2v) is 6.39. The number of H-pyrrole nitrogens is 1.